The van der Waals surface area contributed by atoms with Crippen molar-refractivity contribution in [3.05, 3.63) is 30.1 Å². The van der Waals surface area contributed by atoms with Gasteiger partial charge in [0, 0.05) is 24.3 Å². The molecule has 19 heavy (non-hydrogen) atoms. The van der Waals surface area contributed by atoms with E-state index in [4.69, 9.17) is 17.3 Å². The molecule has 1 aromatic carbocycles. The Kier molecular flexibility index (Phi) is 3.80. The van der Waals surface area contributed by atoms with Gasteiger partial charge in [0.15, 0.2) is 0 Å². The van der Waals surface area contributed by atoms with Gasteiger partial charge in [0.1, 0.15) is 5.82 Å². The van der Waals surface area contributed by atoms with Gasteiger partial charge in [-0.25, -0.2) is 4.98 Å². The van der Waals surface area contributed by atoms with Crippen LogP contribution in [0.1, 0.15) is 26.1 Å². The molecule has 1 aromatic heterocycles. The monoisotopic (exact) mass is 279 g/mol. The zero-order valence-electron chi connectivity index (χ0n) is 11.2. The number of rotatable bonds is 5. The highest BCUT2D eigenvalue weighted by molar-refractivity contribution is 6.17. The average molecular weight is 280 g/mol. The summed E-state index contributed by atoms with van der Waals surface area (Å²) in [6.45, 7) is 3.98. The highest BCUT2D eigenvalue weighted by atomic mass is 35.5. The Hall–Kier alpha value is -1.55. The van der Waals surface area contributed by atoms with Crippen molar-refractivity contribution >= 4 is 28.5 Å². The Bertz CT molecular complexity index is 604. The number of nitrogens with zero attached hydrogens (tertiary/aromatic N) is 2. The van der Waals surface area contributed by atoms with Crippen LogP contribution in [0.4, 0.5) is 0 Å². The minimum Gasteiger partial charge on any atom is -0.370 e. The van der Waals surface area contributed by atoms with Crippen LogP contribution < -0.4 is 5.73 Å². The highest BCUT2D eigenvalue weighted by Gasteiger charge is 2.27. The molecule has 2 aromatic rings. The topological polar surface area (TPSA) is 60.9 Å². The van der Waals surface area contributed by atoms with E-state index in [1.165, 1.54) is 0 Å². The zero-order valence-corrected chi connectivity index (χ0v) is 11.9. The van der Waals surface area contributed by atoms with Crippen LogP contribution in [0.15, 0.2) is 24.3 Å². The summed E-state index contributed by atoms with van der Waals surface area (Å²) in [5.41, 5.74) is 6.87. The maximum absolute atomic E-state index is 11.3. The average Bonchev–Trinajstić information content (AvgIpc) is 2.66. The molecule has 0 saturated heterocycles. The van der Waals surface area contributed by atoms with Gasteiger partial charge in [-0.1, -0.05) is 12.1 Å². The molecular weight excluding hydrogens is 262 g/mol. The smallest absolute Gasteiger partial charge is 0.219 e. The fourth-order valence-electron chi connectivity index (χ4n) is 2.51. The molecule has 0 aliphatic heterocycles. The van der Waals surface area contributed by atoms with E-state index in [0.717, 1.165) is 16.9 Å². The van der Waals surface area contributed by atoms with Crippen molar-refractivity contribution in [3.63, 3.8) is 0 Å². The van der Waals surface area contributed by atoms with Gasteiger partial charge in [0.2, 0.25) is 5.91 Å². The number of aryl methyl sites for hydroxylation is 1. The number of carbonyl (C=O) groups excluding carboxylic acids is 1. The third kappa shape index (κ3) is 2.73. The SMILES string of the molecule is CC(C)(CC(N)=O)n1c(CCCl)nc2ccccc21. The van der Waals surface area contributed by atoms with E-state index < -0.39 is 5.54 Å². The van der Waals surface area contributed by atoms with Crippen LogP contribution in [0.5, 0.6) is 0 Å². The summed E-state index contributed by atoms with van der Waals surface area (Å²) < 4.78 is 2.08. The Morgan fingerprint density at radius 2 is 2.11 bits per heavy atom. The lowest BCUT2D eigenvalue weighted by Crippen LogP contribution is -2.33. The molecule has 0 unspecified atom stereocenters. The van der Waals surface area contributed by atoms with Crippen molar-refractivity contribution in [3.8, 4) is 0 Å². The maximum Gasteiger partial charge on any atom is 0.219 e. The lowest BCUT2D eigenvalue weighted by Gasteiger charge is -2.28. The molecular formula is C14H18ClN3O. The third-order valence-corrected chi connectivity index (χ3v) is 3.35. The second-order valence-corrected chi connectivity index (χ2v) is 5.62. The van der Waals surface area contributed by atoms with Gasteiger partial charge in [0.05, 0.1) is 11.0 Å². The number of hydrogen-bond acceptors (Lipinski definition) is 2. The number of hydrogen-bond donors (Lipinski definition) is 1. The predicted molar refractivity (Wildman–Crippen MR) is 77.3 cm³/mol. The van der Waals surface area contributed by atoms with E-state index in [9.17, 15) is 4.79 Å². The molecule has 0 fully saturated rings. The number of amides is 1. The van der Waals surface area contributed by atoms with E-state index in [2.05, 4.69) is 9.55 Å². The van der Waals surface area contributed by atoms with Crippen molar-refractivity contribution in [2.24, 2.45) is 5.73 Å². The van der Waals surface area contributed by atoms with Crippen LogP contribution in [0, 0.1) is 0 Å². The minimum atomic E-state index is -0.413. The van der Waals surface area contributed by atoms with Gasteiger partial charge in [-0.3, -0.25) is 4.79 Å². The molecule has 2 rings (SSSR count). The van der Waals surface area contributed by atoms with Crippen molar-refractivity contribution in [1.29, 1.82) is 0 Å². The maximum atomic E-state index is 11.3. The molecule has 2 N–H and O–H groups in total. The number of alkyl halides is 1. The number of carbonyl (C=O) groups is 1. The van der Waals surface area contributed by atoms with E-state index in [1.807, 2.05) is 38.1 Å². The molecule has 0 atom stereocenters. The second-order valence-electron chi connectivity index (χ2n) is 5.25. The Morgan fingerprint density at radius 1 is 1.42 bits per heavy atom. The first-order valence-corrected chi connectivity index (χ1v) is 6.80. The fraction of sp³-hybridized carbons (Fsp3) is 0.429. The first kappa shape index (κ1) is 13.9. The predicted octanol–water partition coefficient (Wildman–Crippen LogP) is 2.43. The summed E-state index contributed by atoms with van der Waals surface area (Å²) in [6, 6.07) is 7.88. The summed E-state index contributed by atoms with van der Waals surface area (Å²) in [5.74, 6) is 1.07. The van der Waals surface area contributed by atoms with Crippen LogP contribution in [-0.2, 0) is 16.8 Å². The number of halogens is 1. The van der Waals surface area contributed by atoms with Crippen LogP contribution in [0.3, 0.4) is 0 Å². The summed E-state index contributed by atoms with van der Waals surface area (Å²) in [7, 11) is 0. The lowest BCUT2D eigenvalue weighted by molar-refractivity contribution is -0.119. The summed E-state index contributed by atoms with van der Waals surface area (Å²) in [4.78, 5) is 15.9. The lowest BCUT2D eigenvalue weighted by atomic mass is 9.99. The van der Waals surface area contributed by atoms with Crippen LogP contribution in [0.25, 0.3) is 11.0 Å². The van der Waals surface area contributed by atoms with E-state index >= 15 is 0 Å². The first-order chi connectivity index (χ1) is 8.95. The van der Waals surface area contributed by atoms with E-state index in [0.29, 0.717) is 12.3 Å². The van der Waals surface area contributed by atoms with Crippen LogP contribution >= 0.6 is 11.6 Å². The minimum absolute atomic E-state index is 0.267. The van der Waals surface area contributed by atoms with Gasteiger partial charge < -0.3 is 10.3 Å². The molecule has 4 nitrogen and oxygen atoms in total. The number of aromatic nitrogens is 2. The second kappa shape index (κ2) is 5.21. The van der Waals surface area contributed by atoms with Gasteiger partial charge >= 0.3 is 0 Å². The fourth-order valence-corrected chi connectivity index (χ4v) is 2.68. The van der Waals surface area contributed by atoms with Gasteiger partial charge in [-0.05, 0) is 26.0 Å². The number of benzene rings is 1. The van der Waals surface area contributed by atoms with Crippen molar-refractivity contribution in [2.45, 2.75) is 32.2 Å². The number of fused-ring (bicyclic) bond motifs is 1. The molecule has 0 radical (unpaired) electrons. The summed E-state index contributed by atoms with van der Waals surface area (Å²) in [6.07, 6.45) is 0.932. The van der Waals surface area contributed by atoms with Crippen molar-refractivity contribution < 1.29 is 4.79 Å². The van der Waals surface area contributed by atoms with Crippen molar-refractivity contribution in [1.82, 2.24) is 9.55 Å². The number of nitrogens with two attached hydrogens (primary N) is 1. The molecule has 1 amide bonds. The van der Waals surface area contributed by atoms with E-state index in [1.54, 1.807) is 0 Å². The quantitative estimate of drug-likeness (QED) is 0.855. The van der Waals surface area contributed by atoms with E-state index in [-0.39, 0.29) is 12.3 Å². The standard InChI is InChI=1S/C14H18ClN3O/c1-14(2,9-12(16)19)18-11-6-4-3-5-10(11)17-13(18)7-8-15/h3-6H,7-9H2,1-2H3,(H2,16,19). The largest absolute Gasteiger partial charge is 0.370 e. The van der Waals surface area contributed by atoms with Gasteiger partial charge in [0.25, 0.3) is 0 Å². The normalized spacial score (nSPS) is 11.9. The zero-order chi connectivity index (χ0) is 14.0. The first-order valence-electron chi connectivity index (χ1n) is 6.27. The Morgan fingerprint density at radius 3 is 2.74 bits per heavy atom. The van der Waals surface area contributed by atoms with Crippen molar-refractivity contribution in [2.75, 3.05) is 5.88 Å². The molecule has 1 heterocycles. The van der Waals surface area contributed by atoms with Gasteiger partial charge in [-0.2, -0.15) is 0 Å². The molecule has 5 heteroatoms. The summed E-state index contributed by atoms with van der Waals surface area (Å²) in [5, 5.41) is 0. The molecule has 102 valence electrons. The molecule has 0 spiro atoms. The third-order valence-electron chi connectivity index (χ3n) is 3.16. The van der Waals surface area contributed by atoms with Crippen LogP contribution in [0.2, 0.25) is 0 Å². The number of para-hydroxylation sites is 2. The highest BCUT2D eigenvalue weighted by Crippen LogP contribution is 2.28. The van der Waals surface area contributed by atoms with Gasteiger partial charge in [-0.15, -0.1) is 11.6 Å². The Labute approximate surface area is 117 Å². The number of primary amides is 1. The number of imidazole rings is 1. The molecule has 0 aliphatic rings. The summed E-state index contributed by atoms with van der Waals surface area (Å²) >= 11 is 5.85. The Balaban J connectivity index is 2.61. The molecule has 0 saturated carbocycles. The van der Waals surface area contributed by atoms with Crippen LogP contribution in [-0.4, -0.2) is 21.3 Å². The molecule has 0 bridgehead atoms. The molecule has 0 aliphatic carbocycles.